The third-order valence-corrected chi connectivity index (χ3v) is 2.44. The lowest BCUT2D eigenvalue weighted by atomic mass is 10.1. The van der Waals surface area contributed by atoms with E-state index in [1.165, 1.54) is 19.1 Å². The molecule has 0 N–H and O–H groups in total. The van der Waals surface area contributed by atoms with Crippen molar-refractivity contribution in [3.8, 4) is 11.3 Å². The standard InChI is InChI=1S/C13H11F2N/c1-8-3-4-13(16-7-8)10-6-11(14)9(2)5-12(10)15/h3-7H,1-2H3. The van der Waals surface area contributed by atoms with Gasteiger partial charge in [0.25, 0.3) is 0 Å². The molecule has 1 nitrogen and oxygen atoms in total. The normalized spacial score (nSPS) is 10.5. The Morgan fingerprint density at radius 1 is 1.00 bits per heavy atom. The monoisotopic (exact) mass is 219 g/mol. The van der Waals surface area contributed by atoms with Crippen LogP contribution in [0.15, 0.2) is 30.5 Å². The predicted octanol–water partition coefficient (Wildman–Crippen LogP) is 3.64. The van der Waals surface area contributed by atoms with Crippen LogP contribution < -0.4 is 0 Å². The molecule has 0 radical (unpaired) electrons. The van der Waals surface area contributed by atoms with Crippen LogP contribution in [-0.2, 0) is 0 Å². The Labute approximate surface area is 92.8 Å². The summed E-state index contributed by atoms with van der Waals surface area (Å²) in [6.45, 7) is 3.42. The summed E-state index contributed by atoms with van der Waals surface area (Å²) < 4.78 is 26.9. The van der Waals surface area contributed by atoms with Gasteiger partial charge in [0, 0.05) is 11.8 Å². The van der Waals surface area contributed by atoms with E-state index in [0.29, 0.717) is 11.3 Å². The van der Waals surface area contributed by atoms with Gasteiger partial charge in [0.05, 0.1) is 5.69 Å². The van der Waals surface area contributed by atoms with E-state index in [1.54, 1.807) is 12.3 Å². The van der Waals surface area contributed by atoms with E-state index in [2.05, 4.69) is 4.98 Å². The summed E-state index contributed by atoms with van der Waals surface area (Å²) in [7, 11) is 0. The second-order valence-electron chi connectivity index (χ2n) is 3.80. The Morgan fingerprint density at radius 3 is 2.38 bits per heavy atom. The molecule has 0 aliphatic heterocycles. The lowest BCUT2D eigenvalue weighted by molar-refractivity contribution is 0.595. The first-order valence-electron chi connectivity index (χ1n) is 4.96. The summed E-state index contributed by atoms with van der Waals surface area (Å²) in [5, 5.41) is 0. The molecule has 0 spiro atoms. The fourth-order valence-electron chi connectivity index (χ4n) is 1.47. The van der Waals surface area contributed by atoms with E-state index in [1.807, 2.05) is 13.0 Å². The van der Waals surface area contributed by atoms with Crippen molar-refractivity contribution in [1.82, 2.24) is 4.98 Å². The van der Waals surface area contributed by atoms with E-state index in [-0.39, 0.29) is 5.56 Å². The zero-order valence-corrected chi connectivity index (χ0v) is 9.09. The molecule has 1 aromatic carbocycles. The van der Waals surface area contributed by atoms with Crippen molar-refractivity contribution in [2.75, 3.05) is 0 Å². The molecule has 0 atom stereocenters. The van der Waals surface area contributed by atoms with Crippen LogP contribution in [0.25, 0.3) is 11.3 Å². The van der Waals surface area contributed by atoms with Gasteiger partial charge in [-0.05, 0) is 43.2 Å². The van der Waals surface area contributed by atoms with Crippen LogP contribution in [0.2, 0.25) is 0 Å². The topological polar surface area (TPSA) is 12.9 Å². The molecule has 1 aromatic heterocycles. The summed E-state index contributed by atoms with van der Waals surface area (Å²) in [6, 6.07) is 5.87. The maximum atomic E-state index is 13.6. The molecule has 16 heavy (non-hydrogen) atoms. The number of nitrogens with zero attached hydrogens (tertiary/aromatic N) is 1. The first kappa shape index (κ1) is 10.7. The molecule has 0 fully saturated rings. The average Bonchev–Trinajstić information content (AvgIpc) is 2.25. The number of hydrogen-bond donors (Lipinski definition) is 0. The van der Waals surface area contributed by atoms with Crippen molar-refractivity contribution in [3.05, 3.63) is 53.2 Å². The van der Waals surface area contributed by atoms with Gasteiger partial charge in [-0.2, -0.15) is 0 Å². The molecule has 0 aliphatic rings. The fraction of sp³-hybridized carbons (Fsp3) is 0.154. The number of pyridine rings is 1. The van der Waals surface area contributed by atoms with Crippen molar-refractivity contribution in [1.29, 1.82) is 0 Å². The second-order valence-corrected chi connectivity index (χ2v) is 3.80. The van der Waals surface area contributed by atoms with Gasteiger partial charge in [0.1, 0.15) is 11.6 Å². The highest BCUT2D eigenvalue weighted by atomic mass is 19.1. The summed E-state index contributed by atoms with van der Waals surface area (Å²) in [4.78, 5) is 4.07. The lowest BCUT2D eigenvalue weighted by Gasteiger charge is -2.05. The van der Waals surface area contributed by atoms with Crippen molar-refractivity contribution in [2.45, 2.75) is 13.8 Å². The number of rotatable bonds is 1. The van der Waals surface area contributed by atoms with Crippen LogP contribution in [0.1, 0.15) is 11.1 Å². The number of hydrogen-bond acceptors (Lipinski definition) is 1. The van der Waals surface area contributed by atoms with Crippen molar-refractivity contribution in [2.24, 2.45) is 0 Å². The zero-order chi connectivity index (χ0) is 11.7. The zero-order valence-electron chi connectivity index (χ0n) is 9.09. The maximum Gasteiger partial charge on any atom is 0.133 e. The Balaban J connectivity index is 2.56. The third kappa shape index (κ3) is 1.94. The first-order valence-corrected chi connectivity index (χ1v) is 4.96. The summed E-state index contributed by atoms with van der Waals surface area (Å²) >= 11 is 0. The Morgan fingerprint density at radius 2 is 1.75 bits per heavy atom. The van der Waals surface area contributed by atoms with E-state index >= 15 is 0 Å². The molecule has 2 aromatic rings. The van der Waals surface area contributed by atoms with Gasteiger partial charge in [-0.1, -0.05) is 6.07 Å². The lowest BCUT2D eigenvalue weighted by Crippen LogP contribution is -1.92. The highest BCUT2D eigenvalue weighted by Crippen LogP contribution is 2.23. The highest BCUT2D eigenvalue weighted by molar-refractivity contribution is 5.60. The molecule has 0 aliphatic carbocycles. The SMILES string of the molecule is Cc1ccc(-c2cc(F)c(C)cc2F)nc1. The molecule has 0 unspecified atom stereocenters. The second kappa shape index (κ2) is 4.00. The summed E-state index contributed by atoms with van der Waals surface area (Å²) in [6.07, 6.45) is 1.63. The quantitative estimate of drug-likeness (QED) is 0.713. The number of benzene rings is 1. The van der Waals surface area contributed by atoms with Crippen LogP contribution in [0.3, 0.4) is 0 Å². The van der Waals surface area contributed by atoms with Crippen molar-refractivity contribution >= 4 is 0 Å². The van der Waals surface area contributed by atoms with Gasteiger partial charge in [0.2, 0.25) is 0 Å². The molecule has 1 heterocycles. The first-order chi connectivity index (χ1) is 7.58. The molecule has 2 rings (SSSR count). The van der Waals surface area contributed by atoms with E-state index in [0.717, 1.165) is 5.56 Å². The van der Waals surface area contributed by atoms with Gasteiger partial charge in [0.15, 0.2) is 0 Å². The molecular formula is C13H11F2N. The van der Waals surface area contributed by atoms with Crippen LogP contribution in [0.4, 0.5) is 8.78 Å². The number of aromatic nitrogens is 1. The van der Waals surface area contributed by atoms with Crippen molar-refractivity contribution < 1.29 is 8.78 Å². The predicted molar refractivity (Wildman–Crippen MR) is 59.1 cm³/mol. The molecule has 82 valence electrons. The van der Waals surface area contributed by atoms with Crippen molar-refractivity contribution in [3.63, 3.8) is 0 Å². The van der Waals surface area contributed by atoms with Gasteiger partial charge >= 0.3 is 0 Å². The highest BCUT2D eigenvalue weighted by Gasteiger charge is 2.09. The van der Waals surface area contributed by atoms with Gasteiger partial charge in [-0.3, -0.25) is 4.98 Å². The van der Waals surface area contributed by atoms with Crippen LogP contribution in [0.5, 0.6) is 0 Å². The average molecular weight is 219 g/mol. The fourth-order valence-corrected chi connectivity index (χ4v) is 1.47. The summed E-state index contributed by atoms with van der Waals surface area (Å²) in [5.41, 5.74) is 1.93. The molecular weight excluding hydrogens is 208 g/mol. The molecule has 0 saturated carbocycles. The van der Waals surface area contributed by atoms with E-state index in [4.69, 9.17) is 0 Å². The Hall–Kier alpha value is -1.77. The van der Waals surface area contributed by atoms with Gasteiger partial charge in [-0.15, -0.1) is 0 Å². The number of halogens is 2. The minimum atomic E-state index is -0.449. The van der Waals surface area contributed by atoms with E-state index < -0.39 is 11.6 Å². The minimum Gasteiger partial charge on any atom is -0.256 e. The van der Waals surface area contributed by atoms with Gasteiger partial charge in [-0.25, -0.2) is 8.78 Å². The Bertz CT molecular complexity index is 518. The van der Waals surface area contributed by atoms with Crippen LogP contribution in [0, 0.1) is 25.5 Å². The molecule has 0 bridgehead atoms. The van der Waals surface area contributed by atoms with Gasteiger partial charge < -0.3 is 0 Å². The third-order valence-electron chi connectivity index (χ3n) is 2.44. The van der Waals surface area contributed by atoms with E-state index in [9.17, 15) is 8.78 Å². The largest absolute Gasteiger partial charge is 0.256 e. The van der Waals surface area contributed by atoms with Crippen LogP contribution in [-0.4, -0.2) is 4.98 Å². The van der Waals surface area contributed by atoms with Crippen LogP contribution >= 0.6 is 0 Å². The Kier molecular flexibility index (Phi) is 2.69. The molecule has 0 amide bonds. The smallest absolute Gasteiger partial charge is 0.133 e. The minimum absolute atomic E-state index is 0.197. The number of aryl methyl sites for hydroxylation is 2. The summed E-state index contributed by atoms with van der Waals surface area (Å²) in [5.74, 6) is -0.867. The molecule has 0 saturated heterocycles. The maximum absolute atomic E-state index is 13.6. The molecule has 3 heteroatoms.